The molecule has 1 aliphatic rings. The molecule has 9 nitrogen and oxygen atoms in total. The molecule has 0 bridgehead atoms. The summed E-state index contributed by atoms with van der Waals surface area (Å²) in [4.78, 5) is 21.6. The van der Waals surface area contributed by atoms with Crippen molar-refractivity contribution in [1.29, 1.82) is 0 Å². The number of terminal acetylenes is 1. The minimum absolute atomic E-state index is 0.0854. The molecular weight excluding hydrogens is 535 g/mol. The molecule has 1 fully saturated rings. The number of hydrogen-bond acceptors (Lipinski definition) is 7. The topological polar surface area (TPSA) is 115 Å². The SMILES string of the molecule is C#Cc1ccc2c(c1)[nH]c1c2c(=O)c2cc(OCC)c(-c3cncc(OS(=O)(=O)F)c3)cc2n1C1CCNCC1. The Hall–Kier alpha value is -4.40. The Morgan fingerprint density at radius 1 is 1.15 bits per heavy atom. The highest BCUT2D eigenvalue weighted by Crippen LogP contribution is 2.39. The predicted molar refractivity (Wildman–Crippen MR) is 152 cm³/mol. The molecule has 1 aliphatic heterocycles. The Morgan fingerprint density at radius 2 is 1.95 bits per heavy atom. The average molecular weight is 561 g/mol. The van der Waals surface area contributed by atoms with E-state index in [1.807, 2.05) is 31.2 Å². The van der Waals surface area contributed by atoms with Crippen molar-refractivity contribution in [3.8, 4) is 35.0 Å². The van der Waals surface area contributed by atoms with Crippen LogP contribution in [0.2, 0.25) is 0 Å². The second-order valence-corrected chi connectivity index (χ2v) is 10.6. The van der Waals surface area contributed by atoms with Crippen LogP contribution in [0.15, 0.2) is 53.6 Å². The zero-order chi connectivity index (χ0) is 28.0. The summed E-state index contributed by atoms with van der Waals surface area (Å²) in [6, 6.07) is 10.6. The number of benzene rings is 2. The molecule has 204 valence electrons. The van der Waals surface area contributed by atoms with E-state index < -0.39 is 10.5 Å². The number of pyridine rings is 2. The van der Waals surface area contributed by atoms with Gasteiger partial charge in [-0.25, -0.2) is 0 Å². The van der Waals surface area contributed by atoms with Gasteiger partial charge in [0, 0.05) is 39.8 Å². The number of nitrogens with one attached hydrogen (secondary N) is 2. The third kappa shape index (κ3) is 4.55. The number of nitrogens with zero attached hydrogens (tertiary/aromatic N) is 2. The van der Waals surface area contributed by atoms with Gasteiger partial charge in [-0.1, -0.05) is 15.9 Å². The van der Waals surface area contributed by atoms with E-state index in [1.54, 1.807) is 6.07 Å². The van der Waals surface area contributed by atoms with E-state index >= 15 is 0 Å². The molecule has 0 saturated carbocycles. The molecule has 0 spiro atoms. The molecule has 2 N–H and O–H groups in total. The summed E-state index contributed by atoms with van der Waals surface area (Å²) in [6.07, 6.45) is 9.93. The van der Waals surface area contributed by atoms with Gasteiger partial charge in [0.25, 0.3) is 0 Å². The van der Waals surface area contributed by atoms with Gasteiger partial charge in [-0.3, -0.25) is 9.78 Å². The van der Waals surface area contributed by atoms with Crippen molar-refractivity contribution in [1.82, 2.24) is 19.9 Å². The van der Waals surface area contributed by atoms with Crippen LogP contribution < -0.4 is 19.7 Å². The van der Waals surface area contributed by atoms with Crippen molar-refractivity contribution >= 4 is 43.3 Å². The zero-order valence-electron chi connectivity index (χ0n) is 21.5. The van der Waals surface area contributed by atoms with Gasteiger partial charge in [0.15, 0.2) is 11.2 Å². The number of H-pyrrole nitrogens is 1. The van der Waals surface area contributed by atoms with E-state index in [4.69, 9.17) is 11.2 Å². The van der Waals surface area contributed by atoms with Crippen LogP contribution in [0.3, 0.4) is 0 Å². The highest BCUT2D eigenvalue weighted by Gasteiger charge is 2.25. The lowest BCUT2D eigenvalue weighted by molar-refractivity contribution is 0.342. The van der Waals surface area contributed by atoms with Gasteiger partial charge in [0.2, 0.25) is 0 Å². The van der Waals surface area contributed by atoms with E-state index in [0.717, 1.165) is 43.0 Å². The fourth-order valence-electron chi connectivity index (χ4n) is 5.56. The molecule has 40 heavy (non-hydrogen) atoms. The van der Waals surface area contributed by atoms with Gasteiger partial charge in [-0.15, -0.1) is 6.42 Å². The van der Waals surface area contributed by atoms with Crippen LogP contribution in [0.25, 0.3) is 44.0 Å². The first kappa shape index (κ1) is 25.9. The molecule has 0 radical (unpaired) electrons. The molecule has 2 aromatic carbocycles. The second kappa shape index (κ2) is 9.97. The Bertz CT molecular complexity index is 2000. The van der Waals surface area contributed by atoms with Crippen LogP contribution in [0.5, 0.6) is 11.5 Å². The molecule has 0 unspecified atom stereocenters. The van der Waals surface area contributed by atoms with Crippen molar-refractivity contribution < 1.29 is 21.2 Å². The number of ether oxygens (including phenoxy) is 1. The predicted octanol–water partition coefficient (Wildman–Crippen LogP) is 4.60. The van der Waals surface area contributed by atoms with Crippen molar-refractivity contribution in [3.05, 3.63) is 64.6 Å². The molecular formula is C29H25FN4O5S. The molecule has 3 aromatic heterocycles. The monoisotopic (exact) mass is 560 g/mol. The zero-order valence-corrected chi connectivity index (χ0v) is 22.3. The molecule has 6 rings (SSSR count). The lowest BCUT2D eigenvalue weighted by Crippen LogP contribution is -2.30. The van der Waals surface area contributed by atoms with E-state index in [0.29, 0.717) is 51.0 Å². The van der Waals surface area contributed by atoms with Crippen LogP contribution in [0, 0.1) is 12.3 Å². The first-order chi connectivity index (χ1) is 19.3. The van der Waals surface area contributed by atoms with Gasteiger partial charge < -0.3 is 23.8 Å². The lowest BCUT2D eigenvalue weighted by Gasteiger charge is -2.28. The highest BCUT2D eigenvalue weighted by molar-refractivity contribution is 7.81. The highest BCUT2D eigenvalue weighted by atomic mass is 32.3. The minimum atomic E-state index is -5.24. The maximum absolute atomic E-state index is 14.1. The third-order valence-electron chi connectivity index (χ3n) is 7.21. The Labute approximate surface area is 229 Å². The van der Waals surface area contributed by atoms with Gasteiger partial charge in [0.1, 0.15) is 11.4 Å². The van der Waals surface area contributed by atoms with Gasteiger partial charge in [-0.2, -0.15) is 8.42 Å². The molecule has 5 aromatic rings. The molecule has 0 aliphatic carbocycles. The molecule has 0 amide bonds. The van der Waals surface area contributed by atoms with Crippen LogP contribution in [0.1, 0.15) is 31.4 Å². The summed E-state index contributed by atoms with van der Waals surface area (Å²) >= 11 is 0. The maximum atomic E-state index is 14.1. The first-order valence-electron chi connectivity index (χ1n) is 12.8. The largest absolute Gasteiger partial charge is 0.493 e. The third-order valence-corrected chi connectivity index (χ3v) is 7.60. The summed E-state index contributed by atoms with van der Waals surface area (Å²) in [7, 11) is -5.24. The van der Waals surface area contributed by atoms with E-state index in [9.17, 15) is 17.1 Å². The number of halogens is 1. The van der Waals surface area contributed by atoms with Crippen molar-refractivity contribution in [2.24, 2.45) is 0 Å². The summed E-state index contributed by atoms with van der Waals surface area (Å²) in [5.74, 6) is 2.77. The number of aromatic amines is 1. The number of hydrogen-bond donors (Lipinski definition) is 2. The second-order valence-electron chi connectivity index (χ2n) is 9.62. The Morgan fingerprint density at radius 3 is 2.67 bits per heavy atom. The summed E-state index contributed by atoms with van der Waals surface area (Å²) < 4.78 is 48.0. The average Bonchev–Trinajstić information content (AvgIpc) is 3.31. The van der Waals surface area contributed by atoms with Crippen molar-refractivity contribution in [2.45, 2.75) is 25.8 Å². The lowest BCUT2D eigenvalue weighted by atomic mass is 9.99. The fraction of sp³-hybridized carbons (Fsp3) is 0.241. The first-order valence-corrected chi connectivity index (χ1v) is 14.2. The normalized spacial score (nSPS) is 14.5. The molecule has 11 heteroatoms. The van der Waals surface area contributed by atoms with E-state index in [1.165, 1.54) is 12.3 Å². The van der Waals surface area contributed by atoms with Crippen LogP contribution in [-0.4, -0.2) is 42.6 Å². The maximum Gasteiger partial charge on any atom is 0.488 e. The van der Waals surface area contributed by atoms with Gasteiger partial charge in [0.05, 0.1) is 29.1 Å². The number of fused-ring (bicyclic) bond motifs is 4. The van der Waals surface area contributed by atoms with Crippen LogP contribution in [0.4, 0.5) is 3.89 Å². The fourth-order valence-corrected chi connectivity index (χ4v) is 5.88. The van der Waals surface area contributed by atoms with Crippen LogP contribution >= 0.6 is 0 Å². The molecule has 1 saturated heterocycles. The van der Waals surface area contributed by atoms with Crippen molar-refractivity contribution in [3.63, 3.8) is 0 Å². The summed E-state index contributed by atoms with van der Waals surface area (Å²) in [5, 5.41) is 5.23. The van der Waals surface area contributed by atoms with Gasteiger partial charge in [-0.05, 0) is 63.2 Å². The van der Waals surface area contributed by atoms with E-state index in [2.05, 4.69) is 30.0 Å². The van der Waals surface area contributed by atoms with Crippen LogP contribution in [-0.2, 0) is 10.5 Å². The van der Waals surface area contributed by atoms with Gasteiger partial charge >= 0.3 is 10.5 Å². The molecule has 0 atom stereocenters. The minimum Gasteiger partial charge on any atom is -0.493 e. The standard InChI is InChI=1S/C29H25FN4O5S/c1-3-17-5-6-21-24(11-17)33-29-27(21)28(35)23-14-26(38-4-2)22(13-25(23)34(29)19-7-9-31-10-8-19)18-12-20(16-32-15-18)39-40(30,36)37/h1,5-6,11-16,19,31,33H,4,7-10H2,2H3. The Kier molecular flexibility index (Phi) is 6.44. The summed E-state index contributed by atoms with van der Waals surface area (Å²) in [6.45, 7) is 3.78. The number of piperidine rings is 1. The quantitative estimate of drug-likeness (QED) is 0.230. The molecule has 4 heterocycles. The summed E-state index contributed by atoms with van der Waals surface area (Å²) in [5.41, 5.74) is 3.68. The smallest absolute Gasteiger partial charge is 0.488 e. The van der Waals surface area contributed by atoms with Crippen molar-refractivity contribution in [2.75, 3.05) is 19.7 Å². The Balaban J connectivity index is 1.70. The van der Waals surface area contributed by atoms with E-state index in [-0.39, 0.29) is 17.2 Å². The number of rotatable bonds is 6. The number of aromatic nitrogens is 3.